The topological polar surface area (TPSA) is 83.5 Å². The van der Waals surface area contributed by atoms with E-state index in [-0.39, 0.29) is 29.0 Å². The molecule has 1 aromatic rings. The second kappa shape index (κ2) is 9.06. The molecule has 30 heavy (non-hydrogen) atoms. The van der Waals surface area contributed by atoms with Crippen LogP contribution in [0.5, 0.6) is 5.88 Å². The van der Waals surface area contributed by atoms with E-state index in [1.54, 1.807) is 6.08 Å². The molecule has 0 radical (unpaired) electrons. The molecule has 0 saturated heterocycles. The van der Waals surface area contributed by atoms with Crippen molar-refractivity contribution >= 4 is 5.91 Å². The van der Waals surface area contributed by atoms with Crippen LogP contribution in [0.4, 0.5) is 0 Å². The summed E-state index contributed by atoms with van der Waals surface area (Å²) < 4.78 is 6.33. The first-order valence-electron chi connectivity index (χ1n) is 11.1. The monoisotopic (exact) mass is 415 g/mol. The van der Waals surface area contributed by atoms with E-state index in [9.17, 15) is 9.90 Å². The molecule has 3 N–H and O–H groups in total. The molecule has 0 unspecified atom stereocenters. The lowest BCUT2D eigenvalue weighted by Crippen LogP contribution is -2.51. The van der Waals surface area contributed by atoms with Crippen molar-refractivity contribution in [1.29, 1.82) is 0 Å². The number of fused-ring (bicyclic) bond motifs is 1. The summed E-state index contributed by atoms with van der Waals surface area (Å²) >= 11 is 0. The molecular weight excluding hydrogens is 378 g/mol. The second-order valence-electron chi connectivity index (χ2n) is 10.2. The van der Waals surface area contributed by atoms with Gasteiger partial charge in [0.15, 0.2) is 0 Å². The molecule has 3 rings (SSSR count). The molecule has 2 heterocycles. The van der Waals surface area contributed by atoms with E-state index in [4.69, 9.17) is 4.74 Å². The van der Waals surface area contributed by atoms with E-state index in [1.165, 1.54) is 18.9 Å². The van der Waals surface area contributed by atoms with Gasteiger partial charge in [0.25, 0.3) is 0 Å². The Balaban J connectivity index is 1.76. The SMILES string of the molecule is C=CC[C@H](NC(C)=O)[C@H](O)CN[C@H]1CC2(CCC2)Oc2ncc(CC(C)(C)C)cc21. The number of aliphatic hydroxyl groups excluding tert-OH is 1. The zero-order valence-corrected chi connectivity index (χ0v) is 18.8. The average molecular weight is 416 g/mol. The summed E-state index contributed by atoms with van der Waals surface area (Å²) in [7, 11) is 0. The van der Waals surface area contributed by atoms with Crippen LogP contribution in [-0.2, 0) is 11.2 Å². The maximum atomic E-state index is 11.5. The molecule has 1 spiro atoms. The number of hydrogen-bond acceptors (Lipinski definition) is 5. The van der Waals surface area contributed by atoms with E-state index in [2.05, 4.69) is 49.0 Å². The number of carbonyl (C=O) groups is 1. The summed E-state index contributed by atoms with van der Waals surface area (Å²) in [6.45, 7) is 12.2. The fourth-order valence-electron chi connectivity index (χ4n) is 4.51. The third-order valence-electron chi connectivity index (χ3n) is 6.05. The molecule has 1 aliphatic heterocycles. The lowest BCUT2D eigenvalue weighted by molar-refractivity contribution is -0.120. The number of hydrogen-bond donors (Lipinski definition) is 3. The van der Waals surface area contributed by atoms with Gasteiger partial charge in [0.1, 0.15) is 5.60 Å². The van der Waals surface area contributed by atoms with Crippen LogP contribution >= 0.6 is 0 Å². The van der Waals surface area contributed by atoms with E-state index < -0.39 is 6.10 Å². The van der Waals surface area contributed by atoms with Crippen LogP contribution in [-0.4, -0.2) is 40.3 Å². The van der Waals surface area contributed by atoms with Gasteiger partial charge in [0.2, 0.25) is 11.8 Å². The van der Waals surface area contributed by atoms with Crippen molar-refractivity contribution in [3.05, 3.63) is 36.0 Å². The van der Waals surface area contributed by atoms with Gasteiger partial charge in [-0.1, -0.05) is 26.8 Å². The van der Waals surface area contributed by atoms with Crippen molar-refractivity contribution in [3.8, 4) is 5.88 Å². The van der Waals surface area contributed by atoms with E-state index in [0.717, 1.165) is 37.1 Å². The fraction of sp³-hybridized carbons (Fsp3) is 0.667. The van der Waals surface area contributed by atoms with Crippen molar-refractivity contribution in [2.45, 2.75) is 90.0 Å². The third-order valence-corrected chi connectivity index (χ3v) is 6.05. The molecular formula is C24H37N3O3. The first-order chi connectivity index (χ1) is 14.1. The van der Waals surface area contributed by atoms with Crippen LogP contribution in [0, 0.1) is 5.41 Å². The van der Waals surface area contributed by atoms with Crippen molar-refractivity contribution < 1.29 is 14.6 Å². The Bertz CT molecular complexity index is 767. The quantitative estimate of drug-likeness (QED) is 0.567. The highest BCUT2D eigenvalue weighted by atomic mass is 16.5. The number of amides is 1. The van der Waals surface area contributed by atoms with Crippen LogP contribution in [0.1, 0.15) is 77.0 Å². The summed E-state index contributed by atoms with van der Waals surface area (Å²) in [6, 6.07) is 1.92. The highest BCUT2D eigenvalue weighted by Gasteiger charge is 2.46. The van der Waals surface area contributed by atoms with Gasteiger partial charge in [0.05, 0.1) is 12.1 Å². The van der Waals surface area contributed by atoms with E-state index >= 15 is 0 Å². The highest BCUT2D eigenvalue weighted by molar-refractivity contribution is 5.73. The maximum Gasteiger partial charge on any atom is 0.218 e. The molecule has 1 saturated carbocycles. The molecule has 1 amide bonds. The summed E-state index contributed by atoms with van der Waals surface area (Å²) in [6.07, 6.45) is 8.56. The zero-order chi connectivity index (χ0) is 21.9. The van der Waals surface area contributed by atoms with E-state index in [1.807, 2.05) is 6.20 Å². The average Bonchev–Trinajstić information content (AvgIpc) is 2.62. The van der Waals surface area contributed by atoms with Gasteiger partial charge in [-0.05, 0) is 49.1 Å². The Labute approximate surface area is 180 Å². The molecule has 1 aliphatic carbocycles. The minimum absolute atomic E-state index is 0.0674. The fourth-order valence-corrected chi connectivity index (χ4v) is 4.51. The van der Waals surface area contributed by atoms with Gasteiger partial charge in [-0.25, -0.2) is 4.98 Å². The second-order valence-corrected chi connectivity index (χ2v) is 10.2. The van der Waals surface area contributed by atoms with Crippen LogP contribution in [0.15, 0.2) is 24.9 Å². The minimum Gasteiger partial charge on any atom is -0.471 e. The summed E-state index contributed by atoms with van der Waals surface area (Å²) in [5.74, 6) is 0.567. The first kappa shape index (κ1) is 22.8. The lowest BCUT2D eigenvalue weighted by atomic mass is 9.73. The van der Waals surface area contributed by atoms with Crippen LogP contribution < -0.4 is 15.4 Å². The Hall–Kier alpha value is -1.92. The van der Waals surface area contributed by atoms with Gasteiger partial charge in [-0.15, -0.1) is 6.58 Å². The Kier molecular flexibility index (Phi) is 6.88. The first-order valence-corrected chi connectivity index (χ1v) is 11.1. The third kappa shape index (κ3) is 5.61. The minimum atomic E-state index is -0.707. The summed E-state index contributed by atoms with van der Waals surface area (Å²) in [5, 5.41) is 17.1. The number of rotatable bonds is 8. The molecule has 0 bridgehead atoms. The van der Waals surface area contributed by atoms with Gasteiger partial charge < -0.3 is 20.5 Å². The zero-order valence-electron chi connectivity index (χ0n) is 18.8. The Morgan fingerprint density at radius 3 is 2.77 bits per heavy atom. The lowest BCUT2D eigenvalue weighted by Gasteiger charge is -2.47. The standard InChI is InChI=1S/C24H37N3O3/c1-6-8-19(27-16(2)28)21(29)15-25-20-13-24(9-7-10-24)30-22-18(20)11-17(14-26-22)12-23(3,4)5/h6,11,14,19-21,25,29H,1,7-10,12-13,15H2,2-5H3,(H,27,28)/t19-,20-,21+/m0/s1. The van der Waals surface area contributed by atoms with Crippen LogP contribution in [0.2, 0.25) is 0 Å². The number of aliphatic hydroxyl groups is 1. The van der Waals surface area contributed by atoms with Gasteiger partial charge in [-0.2, -0.15) is 0 Å². The van der Waals surface area contributed by atoms with E-state index in [0.29, 0.717) is 13.0 Å². The number of carbonyl (C=O) groups excluding carboxylic acids is 1. The van der Waals surface area contributed by atoms with Gasteiger partial charge in [0, 0.05) is 37.7 Å². The molecule has 6 heteroatoms. The number of nitrogens with one attached hydrogen (secondary N) is 2. The molecule has 3 atom stereocenters. The molecule has 1 aromatic heterocycles. The smallest absolute Gasteiger partial charge is 0.218 e. The van der Waals surface area contributed by atoms with Gasteiger partial charge >= 0.3 is 0 Å². The molecule has 0 aromatic carbocycles. The van der Waals surface area contributed by atoms with Gasteiger partial charge in [-0.3, -0.25) is 4.79 Å². The maximum absolute atomic E-state index is 11.5. The normalized spacial score (nSPS) is 21.7. The largest absolute Gasteiger partial charge is 0.471 e. The number of pyridine rings is 1. The van der Waals surface area contributed by atoms with Crippen LogP contribution in [0.3, 0.4) is 0 Å². The number of ether oxygens (including phenoxy) is 1. The number of aromatic nitrogens is 1. The van der Waals surface area contributed by atoms with Crippen molar-refractivity contribution in [1.82, 2.24) is 15.6 Å². The molecule has 6 nitrogen and oxygen atoms in total. The predicted octanol–water partition coefficient (Wildman–Crippen LogP) is 3.45. The Morgan fingerprint density at radius 2 is 2.20 bits per heavy atom. The predicted molar refractivity (Wildman–Crippen MR) is 118 cm³/mol. The summed E-state index contributed by atoms with van der Waals surface area (Å²) in [4.78, 5) is 16.2. The van der Waals surface area contributed by atoms with Crippen molar-refractivity contribution in [2.75, 3.05) is 6.54 Å². The summed E-state index contributed by atoms with van der Waals surface area (Å²) in [5.41, 5.74) is 2.31. The van der Waals surface area contributed by atoms with Crippen molar-refractivity contribution in [2.24, 2.45) is 5.41 Å². The van der Waals surface area contributed by atoms with Crippen molar-refractivity contribution in [3.63, 3.8) is 0 Å². The van der Waals surface area contributed by atoms with Crippen LogP contribution in [0.25, 0.3) is 0 Å². The molecule has 1 fully saturated rings. The number of nitrogens with zero attached hydrogens (tertiary/aromatic N) is 1. The molecule has 2 aliphatic rings. The highest BCUT2D eigenvalue weighted by Crippen LogP contribution is 2.48. The Morgan fingerprint density at radius 1 is 1.47 bits per heavy atom. The molecule has 166 valence electrons.